The Morgan fingerprint density at radius 1 is 1.18 bits per heavy atom. The third kappa shape index (κ3) is 7.86. The van der Waals surface area contributed by atoms with E-state index < -0.39 is 0 Å². The summed E-state index contributed by atoms with van der Waals surface area (Å²) in [5.74, 6) is 0. The van der Waals surface area contributed by atoms with E-state index >= 15 is 0 Å². The van der Waals surface area contributed by atoms with Crippen molar-refractivity contribution >= 4 is 0 Å². The Morgan fingerprint density at radius 3 is 2.45 bits per heavy atom. The smallest absolute Gasteiger partial charge is 0.000962 e. The van der Waals surface area contributed by atoms with Crippen LogP contribution in [-0.2, 0) is 0 Å². The number of unbranched alkanes of at least 4 members (excludes halogenated alkanes) is 4. The summed E-state index contributed by atoms with van der Waals surface area (Å²) < 4.78 is 0. The van der Waals surface area contributed by atoms with E-state index in [1.165, 1.54) is 25.7 Å². The van der Waals surface area contributed by atoms with Crippen molar-refractivity contribution in [3.8, 4) is 0 Å². The van der Waals surface area contributed by atoms with Gasteiger partial charge in [-0.25, -0.2) is 0 Å². The Labute approximate surface area is 71.8 Å². The number of rotatable bonds is 7. The van der Waals surface area contributed by atoms with E-state index in [9.17, 15) is 0 Å². The Morgan fingerprint density at radius 2 is 1.91 bits per heavy atom. The molecule has 0 aromatic carbocycles. The van der Waals surface area contributed by atoms with Crippen molar-refractivity contribution in [3.05, 3.63) is 6.42 Å². The van der Waals surface area contributed by atoms with Gasteiger partial charge < -0.3 is 4.90 Å². The third-order valence-corrected chi connectivity index (χ3v) is 1.99. The van der Waals surface area contributed by atoms with Gasteiger partial charge >= 0.3 is 0 Å². The molecule has 0 amide bonds. The van der Waals surface area contributed by atoms with E-state index in [0.717, 1.165) is 13.1 Å². The second kappa shape index (κ2) is 8.06. The highest BCUT2D eigenvalue weighted by molar-refractivity contribution is 4.68. The Balaban J connectivity index is 2.89. The van der Waals surface area contributed by atoms with Gasteiger partial charge in [-0.05, 0) is 26.4 Å². The summed E-state index contributed by atoms with van der Waals surface area (Å²) in [5.41, 5.74) is 0. The lowest BCUT2D eigenvalue weighted by molar-refractivity contribution is 0.375. The average Bonchev–Trinajstić information content (AvgIpc) is 2.04. The summed E-state index contributed by atoms with van der Waals surface area (Å²) >= 11 is 0. The standard InChI is InChI=1S/C10H22N/c1-4-6-7-8-9-10-11(3)5-2/h9H,4-8,10H2,1-3H3. The predicted octanol–water partition coefficient (Wildman–Crippen LogP) is 2.72. The number of nitrogens with zero attached hydrogens (tertiary/aromatic N) is 1. The Kier molecular flexibility index (Phi) is 8.03. The second-order valence-electron chi connectivity index (χ2n) is 3.14. The lowest BCUT2D eigenvalue weighted by Crippen LogP contribution is -2.18. The largest absolute Gasteiger partial charge is 0.306 e. The van der Waals surface area contributed by atoms with Gasteiger partial charge in [-0.2, -0.15) is 0 Å². The van der Waals surface area contributed by atoms with E-state index in [1.54, 1.807) is 0 Å². The quantitative estimate of drug-likeness (QED) is 0.512. The Bertz CT molecular complexity index is 71.3. The molecule has 0 rings (SSSR count). The van der Waals surface area contributed by atoms with Gasteiger partial charge in [0, 0.05) is 6.54 Å². The maximum atomic E-state index is 2.39. The molecule has 0 atom stereocenters. The predicted molar refractivity (Wildman–Crippen MR) is 51.6 cm³/mol. The summed E-state index contributed by atoms with van der Waals surface area (Å²) in [6, 6.07) is 0. The molecule has 0 N–H and O–H groups in total. The lowest BCUT2D eigenvalue weighted by Gasteiger charge is -2.12. The van der Waals surface area contributed by atoms with Crippen LogP contribution < -0.4 is 0 Å². The van der Waals surface area contributed by atoms with Crippen molar-refractivity contribution in [2.45, 2.75) is 39.5 Å². The third-order valence-electron chi connectivity index (χ3n) is 1.99. The highest BCUT2D eigenvalue weighted by Crippen LogP contribution is 2.01. The first-order valence-corrected chi connectivity index (χ1v) is 4.81. The fraction of sp³-hybridized carbons (Fsp3) is 0.900. The van der Waals surface area contributed by atoms with Gasteiger partial charge in [-0.3, -0.25) is 0 Å². The van der Waals surface area contributed by atoms with Crippen molar-refractivity contribution in [1.29, 1.82) is 0 Å². The molecular weight excluding hydrogens is 134 g/mol. The van der Waals surface area contributed by atoms with Gasteiger partial charge in [-0.15, -0.1) is 0 Å². The van der Waals surface area contributed by atoms with Crippen molar-refractivity contribution in [1.82, 2.24) is 4.90 Å². The minimum atomic E-state index is 1.15. The van der Waals surface area contributed by atoms with E-state index in [2.05, 4.69) is 32.2 Å². The molecule has 0 aromatic rings. The molecule has 0 aliphatic carbocycles. The summed E-state index contributed by atoms with van der Waals surface area (Å²) in [4.78, 5) is 2.33. The molecule has 67 valence electrons. The lowest BCUT2D eigenvalue weighted by atomic mass is 10.1. The monoisotopic (exact) mass is 156 g/mol. The molecule has 1 radical (unpaired) electrons. The molecule has 1 heteroatoms. The molecule has 0 heterocycles. The fourth-order valence-corrected chi connectivity index (χ4v) is 0.979. The maximum Gasteiger partial charge on any atom is 0.000962 e. The van der Waals surface area contributed by atoms with Crippen LogP contribution in [0.15, 0.2) is 0 Å². The summed E-state index contributed by atoms with van der Waals surface area (Å²) in [7, 11) is 2.16. The van der Waals surface area contributed by atoms with Crippen molar-refractivity contribution in [2.75, 3.05) is 20.1 Å². The maximum absolute atomic E-state index is 2.39. The van der Waals surface area contributed by atoms with Crippen LogP contribution in [0.5, 0.6) is 0 Å². The topological polar surface area (TPSA) is 3.24 Å². The van der Waals surface area contributed by atoms with E-state index in [1.807, 2.05) is 0 Å². The minimum Gasteiger partial charge on any atom is -0.306 e. The van der Waals surface area contributed by atoms with Gasteiger partial charge in [0.05, 0.1) is 0 Å². The molecule has 0 aliphatic rings. The zero-order valence-corrected chi connectivity index (χ0v) is 8.27. The van der Waals surface area contributed by atoms with Gasteiger partial charge in [0.25, 0.3) is 0 Å². The molecule has 0 unspecified atom stereocenters. The minimum absolute atomic E-state index is 1.15. The molecule has 0 aromatic heterocycles. The molecule has 0 spiro atoms. The van der Waals surface area contributed by atoms with Crippen LogP contribution in [-0.4, -0.2) is 25.0 Å². The fourth-order valence-electron chi connectivity index (χ4n) is 0.979. The van der Waals surface area contributed by atoms with Crippen LogP contribution in [0.25, 0.3) is 0 Å². The van der Waals surface area contributed by atoms with Gasteiger partial charge in [0.15, 0.2) is 0 Å². The second-order valence-corrected chi connectivity index (χ2v) is 3.14. The Hall–Kier alpha value is -0.0400. The van der Waals surface area contributed by atoms with E-state index in [-0.39, 0.29) is 0 Å². The molecule has 11 heavy (non-hydrogen) atoms. The van der Waals surface area contributed by atoms with Crippen LogP contribution in [0.3, 0.4) is 0 Å². The molecule has 1 nitrogen and oxygen atoms in total. The van der Waals surface area contributed by atoms with Crippen molar-refractivity contribution in [2.24, 2.45) is 0 Å². The van der Waals surface area contributed by atoms with Crippen LogP contribution in [0.4, 0.5) is 0 Å². The molecule has 0 aliphatic heterocycles. The SMILES string of the molecule is CCCCC[CH]CN(C)CC. The first-order chi connectivity index (χ1) is 5.31. The first kappa shape index (κ1) is 11.0. The zero-order valence-electron chi connectivity index (χ0n) is 8.27. The normalized spacial score (nSPS) is 10.9. The molecule has 0 bridgehead atoms. The molecule has 0 fully saturated rings. The van der Waals surface area contributed by atoms with Gasteiger partial charge in [0.1, 0.15) is 0 Å². The summed E-state index contributed by atoms with van der Waals surface area (Å²) in [5, 5.41) is 0. The van der Waals surface area contributed by atoms with Crippen LogP contribution in [0.2, 0.25) is 0 Å². The highest BCUT2D eigenvalue weighted by atomic mass is 15.1. The van der Waals surface area contributed by atoms with Crippen molar-refractivity contribution < 1.29 is 0 Å². The van der Waals surface area contributed by atoms with Gasteiger partial charge in [-0.1, -0.05) is 33.1 Å². The van der Waals surface area contributed by atoms with E-state index in [0.29, 0.717) is 0 Å². The van der Waals surface area contributed by atoms with Crippen LogP contribution >= 0.6 is 0 Å². The molecule has 0 saturated heterocycles. The summed E-state index contributed by atoms with van der Waals surface area (Å²) in [6.07, 6.45) is 7.76. The highest BCUT2D eigenvalue weighted by Gasteiger charge is 1.93. The van der Waals surface area contributed by atoms with Crippen LogP contribution in [0.1, 0.15) is 39.5 Å². The first-order valence-electron chi connectivity index (χ1n) is 4.81. The number of hydrogen-bond acceptors (Lipinski definition) is 1. The molecular formula is C10H22N. The molecule has 0 saturated carbocycles. The van der Waals surface area contributed by atoms with E-state index in [4.69, 9.17) is 0 Å². The van der Waals surface area contributed by atoms with Crippen molar-refractivity contribution in [3.63, 3.8) is 0 Å². The zero-order chi connectivity index (χ0) is 8.53. The number of hydrogen-bond donors (Lipinski definition) is 0. The summed E-state index contributed by atoms with van der Waals surface area (Å²) in [6.45, 7) is 6.75. The van der Waals surface area contributed by atoms with Crippen LogP contribution in [0, 0.1) is 6.42 Å². The van der Waals surface area contributed by atoms with Gasteiger partial charge in [0.2, 0.25) is 0 Å². The average molecular weight is 156 g/mol.